The first kappa shape index (κ1) is 37.3. The molecule has 0 spiro atoms. The average Bonchev–Trinajstić information content (AvgIpc) is 3.10. The Kier molecular flexibility index (Phi) is 12.9. The van der Waals surface area contributed by atoms with Gasteiger partial charge in [0.05, 0.1) is 11.9 Å². The Bertz CT molecular complexity index is 1720. The number of benzene rings is 3. The van der Waals surface area contributed by atoms with Gasteiger partial charge in [0.25, 0.3) is 0 Å². The van der Waals surface area contributed by atoms with E-state index in [1.165, 1.54) is 4.90 Å². The highest BCUT2D eigenvalue weighted by Gasteiger charge is 2.37. The first-order valence-corrected chi connectivity index (χ1v) is 19.8. The van der Waals surface area contributed by atoms with Gasteiger partial charge in [-0.15, -0.1) is 11.8 Å². The lowest BCUT2D eigenvalue weighted by atomic mass is 9.98. The van der Waals surface area contributed by atoms with Gasteiger partial charge in [0.15, 0.2) is 0 Å². The average molecular weight is 725 g/mol. The van der Waals surface area contributed by atoms with Crippen molar-refractivity contribution < 1.29 is 33.5 Å². The van der Waals surface area contributed by atoms with Crippen molar-refractivity contribution in [2.24, 2.45) is 5.73 Å². The van der Waals surface area contributed by atoms with Crippen molar-refractivity contribution in [1.29, 1.82) is 0 Å². The van der Waals surface area contributed by atoms with E-state index in [0.29, 0.717) is 19.3 Å². The summed E-state index contributed by atoms with van der Waals surface area (Å²) in [4.78, 5) is 76.0. The summed E-state index contributed by atoms with van der Waals surface area (Å²) in [5, 5.41) is 10.9. The Hall–Kier alpha value is -3.94. The standard InChI is InChI=1S/C35H45N6O7PS/c36-33(43)29(20-25-8-11-26-5-1-2-6-27(26)19-25)39-34(44)31-7-3-4-16-41(31)35(45)30(22-50-23-49(46,47)48)38-32(42)21-24-9-12-28(13-10-24)40-17-14-37-15-18-40/h1-2,5-6,8-13,19,29-31,37H,3-4,7,14-18,20-23H2,(H2,36,43)(H,38,42)(H,39,44)(H2,46,47,48). The number of nitrogens with one attached hydrogen (secondary N) is 3. The smallest absolute Gasteiger partial charge is 0.335 e. The maximum absolute atomic E-state index is 14.0. The predicted octanol–water partition coefficient (Wildman–Crippen LogP) is 1.74. The number of hydrogen-bond acceptors (Lipinski definition) is 8. The zero-order chi connectivity index (χ0) is 35.7. The first-order chi connectivity index (χ1) is 24.0. The summed E-state index contributed by atoms with van der Waals surface area (Å²) in [6.07, 6.45) is 1.80. The van der Waals surface area contributed by atoms with Crippen LogP contribution in [0.25, 0.3) is 10.8 Å². The van der Waals surface area contributed by atoms with Gasteiger partial charge < -0.3 is 41.3 Å². The second kappa shape index (κ2) is 17.3. The molecule has 268 valence electrons. The van der Waals surface area contributed by atoms with E-state index in [4.69, 9.17) is 5.73 Å². The number of rotatable bonds is 14. The van der Waals surface area contributed by atoms with Crippen LogP contribution in [-0.2, 0) is 36.6 Å². The van der Waals surface area contributed by atoms with E-state index in [1.54, 1.807) is 0 Å². The topological polar surface area (TPSA) is 194 Å². The lowest BCUT2D eigenvalue weighted by Gasteiger charge is -2.37. The molecule has 0 radical (unpaired) electrons. The number of nitrogens with two attached hydrogens (primary N) is 1. The highest BCUT2D eigenvalue weighted by atomic mass is 32.2. The maximum atomic E-state index is 14.0. The highest BCUT2D eigenvalue weighted by Crippen LogP contribution is 2.38. The molecule has 2 fully saturated rings. The van der Waals surface area contributed by atoms with E-state index < -0.39 is 54.8 Å². The minimum atomic E-state index is -4.38. The highest BCUT2D eigenvalue weighted by molar-refractivity contribution is 8.04. The van der Waals surface area contributed by atoms with Crippen LogP contribution in [0.15, 0.2) is 66.7 Å². The number of fused-ring (bicyclic) bond motifs is 1. The fourth-order valence-corrected chi connectivity index (χ4v) is 8.24. The van der Waals surface area contributed by atoms with E-state index in [1.807, 2.05) is 66.7 Å². The van der Waals surface area contributed by atoms with E-state index in [-0.39, 0.29) is 25.1 Å². The third-order valence-electron chi connectivity index (χ3n) is 8.96. The number of likely N-dealkylation sites (tertiary alicyclic amines) is 1. The number of hydrogen-bond donors (Lipinski definition) is 6. The van der Waals surface area contributed by atoms with Gasteiger partial charge in [-0.2, -0.15) is 0 Å². The summed E-state index contributed by atoms with van der Waals surface area (Å²) in [7, 11) is -4.38. The second-order valence-corrected chi connectivity index (χ2v) is 15.9. The number of carbonyl (C=O) groups excluding carboxylic acids is 4. The molecule has 13 nitrogen and oxygen atoms in total. The van der Waals surface area contributed by atoms with Crippen molar-refractivity contribution in [3.63, 3.8) is 0 Å². The normalized spacial score (nSPS) is 17.9. The van der Waals surface area contributed by atoms with E-state index in [9.17, 15) is 33.5 Å². The quantitative estimate of drug-likeness (QED) is 0.133. The molecule has 2 heterocycles. The van der Waals surface area contributed by atoms with Crippen LogP contribution in [0, 0.1) is 0 Å². The molecule has 0 saturated carbocycles. The van der Waals surface area contributed by atoms with E-state index in [2.05, 4.69) is 20.9 Å². The Morgan fingerprint density at radius 1 is 0.900 bits per heavy atom. The number of amides is 4. The van der Waals surface area contributed by atoms with Crippen molar-refractivity contribution in [3.05, 3.63) is 77.9 Å². The van der Waals surface area contributed by atoms with E-state index in [0.717, 1.165) is 65.5 Å². The summed E-state index contributed by atoms with van der Waals surface area (Å²) in [5.41, 5.74) is 7.81. The molecule has 3 unspecified atom stereocenters. The Morgan fingerprint density at radius 2 is 1.60 bits per heavy atom. The summed E-state index contributed by atoms with van der Waals surface area (Å²) in [6.45, 7) is 3.82. The van der Waals surface area contributed by atoms with Crippen LogP contribution in [-0.4, -0.2) is 100 Å². The molecule has 50 heavy (non-hydrogen) atoms. The monoisotopic (exact) mass is 724 g/mol. The molecule has 0 bridgehead atoms. The molecule has 7 N–H and O–H groups in total. The molecule has 2 aliphatic heterocycles. The summed E-state index contributed by atoms with van der Waals surface area (Å²) in [6, 6.07) is 18.1. The second-order valence-electron chi connectivity index (χ2n) is 12.8. The minimum absolute atomic E-state index is 0.00620. The SMILES string of the molecule is NC(=O)C(Cc1ccc2ccccc2c1)NC(=O)C1CCCCN1C(=O)C(CSCP(=O)(O)O)NC(=O)Cc1ccc(N2CCNCC2)cc1. The molecule has 5 rings (SSSR count). The number of carbonyl (C=O) groups is 4. The Morgan fingerprint density at radius 3 is 2.30 bits per heavy atom. The van der Waals surface area contributed by atoms with Crippen LogP contribution < -0.4 is 26.6 Å². The molecular formula is C35H45N6O7PS. The van der Waals surface area contributed by atoms with Crippen molar-refractivity contribution in [2.75, 3.05) is 48.9 Å². The molecule has 15 heteroatoms. The lowest BCUT2D eigenvalue weighted by Crippen LogP contribution is -2.60. The summed E-state index contributed by atoms with van der Waals surface area (Å²) in [5.74, 6) is -2.30. The predicted molar refractivity (Wildman–Crippen MR) is 195 cm³/mol. The van der Waals surface area contributed by atoms with Crippen LogP contribution in [0.2, 0.25) is 0 Å². The fourth-order valence-electron chi connectivity index (χ4n) is 6.40. The van der Waals surface area contributed by atoms with Crippen molar-refractivity contribution in [2.45, 2.75) is 50.2 Å². The third kappa shape index (κ3) is 10.5. The van der Waals surface area contributed by atoms with Crippen molar-refractivity contribution in [3.8, 4) is 0 Å². The van der Waals surface area contributed by atoms with Crippen LogP contribution in [0.1, 0.15) is 30.4 Å². The molecule has 0 aromatic heterocycles. The Balaban J connectivity index is 1.26. The number of piperidine rings is 1. The van der Waals surface area contributed by atoms with Crippen LogP contribution >= 0.6 is 19.4 Å². The number of piperazine rings is 1. The summed E-state index contributed by atoms with van der Waals surface area (Å²) >= 11 is 0.855. The largest absolute Gasteiger partial charge is 0.369 e. The van der Waals surface area contributed by atoms with Crippen LogP contribution in [0.3, 0.4) is 0 Å². The number of primary amides is 1. The molecule has 3 aromatic rings. The van der Waals surface area contributed by atoms with Gasteiger partial charge in [0.1, 0.15) is 18.1 Å². The number of nitrogens with zero attached hydrogens (tertiary/aromatic N) is 2. The molecule has 0 aliphatic carbocycles. The van der Waals surface area contributed by atoms with Gasteiger partial charge in [0.2, 0.25) is 23.6 Å². The third-order valence-corrected chi connectivity index (χ3v) is 11.6. The van der Waals surface area contributed by atoms with Gasteiger partial charge >= 0.3 is 7.60 Å². The van der Waals surface area contributed by atoms with Gasteiger partial charge in [-0.3, -0.25) is 23.7 Å². The zero-order valence-corrected chi connectivity index (χ0v) is 29.5. The first-order valence-electron chi connectivity index (χ1n) is 16.8. The number of anilines is 1. The molecule has 2 saturated heterocycles. The van der Waals surface area contributed by atoms with Crippen LogP contribution in [0.4, 0.5) is 5.69 Å². The number of thioether (sulfide) groups is 1. The van der Waals surface area contributed by atoms with Crippen LogP contribution in [0.5, 0.6) is 0 Å². The van der Waals surface area contributed by atoms with Crippen molar-refractivity contribution in [1.82, 2.24) is 20.9 Å². The molecule has 3 aromatic carbocycles. The van der Waals surface area contributed by atoms with Gasteiger partial charge in [-0.05, 0) is 53.3 Å². The summed E-state index contributed by atoms with van der Waals surface area (Å²) < 4.78 is 11.6. The fraction of sp³-hybridized carbons (Fsp3) is 0.429. The van der Waals surface area contributed by atoms with Gasteiger partial charge in [0, 0.05) is 50.6 Å². The molecule has 2 aliphatic rings. The van der Waals surface area contributed by atoms with Gasteiger partial charge in [-0.1, -0.05) is 54.6 Å². The molecule has 4 amide bonds. The Labute approximate surface area is 295 Å². The lowest BCUT2D eigenvalue weighted by molar-refractivity contribution is -0.145. The minimum Gasteiger partial charge on any atom is -0.369 e. The molecular weight excluding hydrogens is 679 g/mol. The molecule has 3 atom stereocenters. The maximum Gasteiger partial charge on any atom is 0.335 e. The zero-order valence-electron chi connectivity index (χ0n) is 27.8. The van der Waals surface area contributed by atoms with E-state index >= 15 is 0 Å². The van der Waals surface area contributed by atoms with Crippen molar-refractivity contribution >= 4 is 59.4 Å². The van der Waals surface area contributed by atoms with Gasteiger partial charge in [-0.25, -0.2) is 0 Å².